The average molecular weight is 1870 g/mol. The summed E-state index contributed by atoms with van der Waals surface area (Å²) in [4.78, 5) is 70.6. The standard InChI is InChI=1S/3C25H24N4.2C24H22N4/c1-18-10-9-11-19(2)24(18)29-25-27-22(16-20-12-5-3-6-13-20)26-23(28-25)17-21-14-7-4-8-15-21;1-18-13-14-22(19(2)15-18)26-25-28-23(16-20-9-5-3-6-10-20)27-24(29-25)17-21-11-7-4-8-12-21;1-2-21-15-9-10-16-22(21)26-25-28-23(17-19-11-5-3-6-12-19)27-24(29-25)18-20-13-7-4-8-14-20;1-18-10-8-9-15-21(18)25-24-27-22(16-19-11-4-2-5-12-19)26-23(28-24)17-20-13-6-3-7-14-20;1-18-9-8-14-21(15-18)25-24-27-22(16-19-10-4-2-5-11-19)26-23(28-24)17-20-12-6-3-7-13-20/h2*3-15H,16-17H2,1-2H3,(H,26,27,28,29);3-16H,2,17-18H2,1H3,(H,26,27,28,29);2*2-15H,16-17H2,1H3,(H,25,26,27,28). The summed E-state index contributed by atoms with van der Waals surface area (Å²) in [6.45, 7) is 14.6. The molecule has 0 aliphatic heterocycles. The minimum absolute atomic E-state index is 0.581. The van der Waals surface area contributed by atoms with Gasteiger partial charge in [-0.2, -0.15) is 49.8 Å². The van der Waals surface area contributed by atoms with Crippen LogP contribution in [-0.4, -0.2) is 74.8 Å². The Labute approximate surface area is 838 Å². The molecule has 0 unspecified atom stereocenters. The number of rotatable bonds is 31. The molecule has 15 aromatic carbocycles. The van der Waals surface area contributed by atoms with Crippen molar-refractivity contribution < 1.29 is 0 Å². The zero-order chi connectivity index (χ0) is 98.4. The van der Waals surface area contributed by atoms with Crippen molar-refractivity contribution in [3.05, 3.63) is 565 Å². The molecule has 20 aromatic rings. The van der Waals surface area contributed by atoms with Crippen LogP contribution in [0.1, 0.15) is 160 Å². The van der Waals surface area contributed by atoms with E-state index in [1.165, 1.54) is 89.0 Å². The summed E-state index contributed by atoms with van der Waals surface area (Å²) < 4.78 is 0. The first kappa shape index (κ1) is 98.4. The van der Waals surface area contributed by atoms with Gasteiger partial charge in [-0.1, -0.05) is 395 Å². The highest BCUT2D eigenvalue weighted by atomic mass is 15.2. The van der Waals surface area contributed by atoms with Gasteiger partial charge in [0.15, 0.2) is 0 Å². The second-order valence-electron chi connectivity index (χ2n) is 35.0. The van der Waals surface area contributed by atoms with E-state index in [0.717, 1.165) is 98.7 Å². The Hall–Kier alpha value is -17.7. The van der Waals surface area contributed by atoms with E-state index >= 15 is 0 Å². The minimum atomic E-state index is 0.581. The lowest BCUT2D eigenvalue weighted by molar-refractivity contribution is 0.855. The van der Waals surface area contributed by atoms with E-state index in [-0.39, 0.29) is 0 Å². The molecule has 0 aliphatic rings. The van der Waals surface area contributed by atoms with Gasteiger partial charge in [0.1, 0.15) is 58.2 Å². The van der Waals surface area contributed by atoms with Gasteiger partial charge in [0.2, 0.25) is 29.7 Å². The van der Waals surface area contributed by atoms with Gasteiger partial charge in [0.05, 0.1) is 0 Å². The Morgan fingerprint density at radius 2 is 0.392 bits per heavy atom. The first-order valence-electron chi connectivity index (χ1n) is 48.4. The smallest absolute Gasteiger partial charge is 0.230 e. The van der Waals surface area contributed by atoms with Crippen LogP contribution in [0.5, 0.6) is 0 Å². The molecule has 0 radical (unpaired) electrons. The second kappa shape index (κ2) is 51.1. The van der Waals surface area contributed by atoms with Crippen LogP contribution in [0.3, 0.4) is 0 Å². The summed E-state index contributed by atoms with van der Waals surface area (Å²) >= 11 is 0. The molecule has 708 valence electrons. The van der Waals surface area contributed by atoms with Crippen molar-refractivity contribution in [2.45, 2.75) is 119 Å². The molecule has 143 heavy (non-hydrogen) atoms. The van der Waals surface area contributed by atoms with Crippen LogP contribution in [0.15, 0.2) is 413 Å². The Bertz CT molecular complexity index is 7070. The van der Waals surface area contributed by atoms with Crippen LogP contribution in [0, 0.1) is 41.5 Å². The molecule has 0 saturated heterocycles. The fraction of sp³-hybridized carbons (Fsp3) is 0.146. The van der Waals surface area contributed by atoms with Crippen molar-refractivity contribution in [3.63, 3.8) is 0 Å². The lowest BCUT2D eigenvalue weighted by Gasteiger charge is -2.13. The van der Waals surface area contributed by atoms with Crippen molar-refractivity contribution in [2.75, 3.05) is 26.6 Å². The van der Waals surface area contributed by atoms with Crippen LogP contribution >= 0.6 is 0 Å². The zero-order valence-corrected chi connectivity index (χ0v) is 81.7. The SMILES string of the molecule is CCc1ccccc1Nc1nc(Cc2ccccc2)nc(Cc2ccccc2)n1.Cc1ccc(Nc2nc(Cc3ccccc3)nc(Cc3ccccc3)n2)c(C)c1.Cc1cccc(C)c1Nc1nc(Cc2ccccc2)nc(Cc2ccccc2)n1.Cc1cccc(Nc2nc(Cc3ccccc3)nc(Cc3ccccc3)n2)c1.Cc1ccccc1Nc1nc(Cc2ccccc2)nc(Cc2ccccc2)n1. The number of anilines is 10. The third-order valence-corrected chi connectivity index (χ3v) is 23.3. The quantitative estimate of drug-likeness (QED) is 0.0271. The Morgan fingerprint density at radius 1 is 0.168 bits per heavy atom. The maximum absolute atomic E-state index is 4.75. The predicted octanol–water partition coefficient (Wildman–Crippen LogP) is 26.4. The third kappa shape index (κ3) is 31.4. The summed E-state index contributed by atoms with van der Waals surface area (Å²) in [5.74, 6) is 10.6. The molecule has 5 aromatic heterocycles. The normalized spacial score (nSPS) is 10.7. The van der Waals surface area contributed by atoms with Gasteiger partial charge in [-0.3, -0.25) is 0 Å². The van der Waals surface area contributed by atoms with Crippen LogP contribution < -0.4 is 26.6 Å². The largest absolute Gasteiger partial charge is 0.324 e. The fourth-order valence-electron chi connectivity index (χ4n) is 16.2. The molecule has 5 heterocycles. The molecule has 0 aliphatic carbocycles. The highest BCUT2D eigenvalue weighted by molar-refractivity contribution is 5.64. The number of hydrogen-bond acceptors (Lipinski definition) is 20. The van der Waals surface area contributed by atoms with Gasteiger partial charge in [-0.25, -0.2) is 24.9 Å². The number of aromatic nitrogens is 15. The summed E-state index contributed by atoms with van der Waals surface area (Å²) in [6.07, 6.45) is 7.69. The molecular formula is C123H116N20. The molecule has 0 bridgehead atoms. The second-order valence-corrected chi connectivity index (χ2v) is 35.0. The molecule has 20 rings (SSSR count). The van der Waals surface area contributed by atoms with Gasteiger partial charge < -0.3 is 26.6 Å². The van der Waals surface area contributed by atoms with E-state index in [1.54, 1.807) is 0 Å². The van der Waals surface area contributed by atoms with E-state index < -0.39 is 0 Å². The van der Waals surface area contributed by atoms with Gasteiger partial charge in [0, 0.05) is 92.6 Å². The molecular weight excluding hydrogens is 1760 g/mol. The molecule has 0 saturated carbocycles. The maximum Gasteiger partial charge on any atom is 0.230 e. The Morgan fingerprint density at radius 3 is 0.664 bits per heavy atom. The molecule has 0 spiro atoms. The molecule has 20 nitrogen and oxygen atoms in total. The van der Waals surface area contributed by atoms with E-state index in [2.05, 4.69) is 289 Å². The topological polar surface area (TPSA) is 254 Å². The van der Waals surface area contributed by atoms with Gasteiger partial charge in [-0.15, -0.1) is 0 Å². The number of para-hydroxylation sites is 3. The van der Waals surface area contributed by atoms with Crippen molar-refractivity contribution in [3.8, 4) is 0 Å². The molecule has 0 fully saturated rings. The van der Waals surface area contributed by atoms with Crippen molar-refractivity contribution in [1.82, 2.24) is 74.8 Å². The summed E-state index contributed by atoms with van der Waals surface area (Å²) in [5.41, 5.74) is 25.2. The summed E-state index contributed by atoms with van der Waals surface area (Å²) in [6, 6.07) is 140. The van der Waals surface area contributed by atoms with E-state index in [9.17, 15) is 0 Å². The highest BCUT2D eigenvalue weighted by Gasteiger charge is 2.18. The lowest BCUT2D eigenvalue weighted by atomic mass is 10.1. The maximum atomic E-state index is 4.75. The first-order chi connectivity index (χ1) is 70.1. The minimum Gasteiger partial charge on any atom is -0.324 e. The number of nitrogens with one attached hydrogen (secondary N) is 5. The Balaban J connectivity index is 0.000000128. The average Bonchev–Trinajstić information content (AvgIpc) is 0.828. The fourth-order valence-corrected chi connectivity index (χ4v) is 16.2. The number of hydrogen-bond donors (Lipinski definition) is 5. The zero-order valence-electron chi connectivity index (χ0n) is 81.7. The van der Waals surface area contributed by atoms with Crippen LogP contribution in [0.4, 0.5) is 58.2 Å². The Kier molecular flexibility index (Phi) is 35.2. The molecule has 5 N–H and O–H groups in total. The molecule has 0 amide bonds. The summed E-state index contributed by atoms with van der Waals surface area (Å²) in [7, 11) is 0. The van der Waals surface area contributed by atoms with E-state index in [0.29, 0.717) is 93.9 Å². The third-order valence-electron chi connectivity index (χ3n) is 23.3. The van der Waals surface area contributed by atoms with E-state index in [4.69, 9.17) is 54.8 Å². The molecule has 0 atom stereocenters. The van der Waals surface area contributed by atoms with Crippen LogP contribution in [0.2, 0.25) is 0 Å². The van der Waals surface area contributed by atoms with Gasteiger partial charge in [-0.05, 0) is 167 Å². The molecule has 20 heteroatoms. The number of benzene rings is 15. The van der Waals surface area contributed by atoms with Crippen LogP contribution in [-0.2, 0) is 70.6 Å². The van der Waals surface area contributed by atoms with Crippen molar-refractivity contribution in [1.29, 1.82) is 0 Å². The first-order valence-corrected chi connectivity index (χ1v) is 48.4. The van der Waals surface area contributed by atoms with Crippen molar-refractivity contribution >= 4 is 58.2 Å². The van der Waals surface area contributed by atoms with E-state index in [1.807, 2.05) is 218 Å². The monoisotopic (exact) mass is 1870 g/mol. The lowest BCUT2D eigenvalue weighted by Crippen LogP contribution is -2.09. The van der Waals surface area contributed by atoms with Gasteiger partial charge >= 0.3 is 0 Å². The van der Waals surface area contributed by atoms with Crippen molar-refractivity contribution in [2.24, 2.45) is 0 Å². The van der Waals surface area contributed by atoms with Gasteiger partial charge in [0.25, 0.3) is 0 Å². The highest BCUT2D eigenvalue weighted by Crippen LogP contribution is 2.29. The van der Waals surface area contributed by atoms with Crippen LogP contribution in [0.25, 0.3) is 0 Å². The number of aryl methyl sites for hydroxylation is 7. The predicted molar refractivity (Wildman–Crippen MR) is 578 cm³/mol. The number of nitrogens with zero attached hydrogens (tertiary/aromatic N) is 15. The summed E-state index contributed by atoms with van der Waals surface area (Å²) in [5, 5.41) is 16.9.